The smallest absolute Gasteiger partial charge is 0.417 e. The molecule has 0 saturated heterocycles. The highest BCUT2D eigenvalue weighted by atomic mass is 35.5. The first-order chi connectivity index (χ1) is 16.1. The minimum atomic E-state index is -5.00. The molecule has 0 aliphatic heterocycles. The molecule has 2 rings (SSSR count). The maximum Gasteiger partial charge on any atom is 0.417 e. The number of ether oxygens (including phenoxy) is 1. The van der Waals surface area contributed by atoms with Crippen LogP contribution in [0.25, 0.3) is 6.08 Å². The highest BCUT2D eigenvalue weighted by molar-refractivity contribution is 6.48. The monoisotopic (exact) mass is 562 g/mol. The molecular weight excluding hydrogens is 549 g/mol. The second-order valence-corrected chi connectivity index (χ2v) is 8.10. The molecule has 0 fully saturated rings. The largest absolute Gasteiger partial charge is 0.448 e. The minimum Gasteiger partial charge on any atom is -0.448 e. The third-order valence-corrected chi connectivity index (χ3v) is 5.62. The first-order valence-corrected chi connectivity index (χ1v) is 10.6. The molecule has 3 N–H and O–H groups in total. The van der Waals surface area contributed by atoms with E-state index in [0.29, 0.717) is 12.1 Å². The fourth-order valence-corrected chi connectivity index (χ4v) is 3.49. The van der Waals surface area contributed by atoms with Crippen LogP contribution in [-0.2, 0) is 10.9 Å². The van der Waals surface area contributed by atoms with Gasteiger partial charge in [-0.1, -0.05) is 53.0 Å². The lowest BCUT2D eigenvalue weighted by Gasteiger charge is -2.19. The summed E-state index contributed by atoms with van der Waals surface area (Å²) in [6.07, 6.45) is -9.51. The SMILES string of the molecule is NC(=O)OCCNC(=O)c1ccc(C=CC(c2cc(Cl)c(Cl)c(Cl)c2)C(F)(F)F)cc1C(F)(F)F. The van der Waals surface area contributed by atoms with Gasteiger partial charge in [-0.15, -0.1) is 0 Å². The molecule has 1 atom stereocenters. The Kier molecular flexibility index (Phi) is 9.32. The van der Waals surface area contributed by atoms with Gasteiger partial charge in [-0.3, -0.25) is 4.79 Å². The number of carbonyl (C=O) groups excluding carboxylic acids is 2. The standard InChI is InChI=1S/C21H15Cl3F6N2O3/c22-15-8-11(9-16(23)17(15)24)13(20(25,26)27)4-2-10-1-3-12(14(7-10)21(28,29)30)18(33)32-5-6-35-19(31)34/h1-4,7-9,13H,5-6H2,(H2,31,34)(H,32,33). The zero-order valence-corrected chi connectivity index (χ0v) is 19.5. The molecule has 0 aliphatic rings. The predicted molar refractivity (Wildman–Crippen MR) is 119 cm³/mol. The summed E-state index contributed by atoms with van der Waals surface area (Å²) in [4.78, 5) is 22.6. The van der Waals surface area contributed by atoms with Gasteiger partial charge < -0.3 is 15.8 Å². The number of hydrogen-bond acceptors (Lipinski definition) is 3. The Balaban J connectivity index is 2.38. The van der Waals surface area contributed by atoms with E-state index in [9.17, 15) is 35.9 Å². The van der Waals surface area contributed by atoms with E-state index in [4.69, 9.17) is 40.5 Å². The van der Waals surface area contributed by atoms with E-state index >= 15 is 0 Å². The molecule has 2 amide bonds. The van der Waals surface area contributed by atoms with Gasteiger partial charge in [0, 0.05) is 0 Å². The molecule has 0 spiro atoms. The maximum absolute atomic E-state index is 13.7. The average molecular weight is 564 g/mol. The fraction of sp³-hybridized carbons (Fsp3) is 0.238. The van der Waals surface area contributed by atoms with Crippen LogP contribution in [0.3, 0.4) is 0 Å². The lowest BCUT2D eigenvalue weighted by Crippen LogP contribution is -2.30. The number of rotatable bonds is 7. The molecule has 0 aliphatic carbocycles. The summed E-state index contributed by atoms with van der Waals surface area (Å²) < 4.78 is 86.0. The molecule has 0 heterocycles. The van der Waals surface area contributed by atoms with Crippen LogP contribution in [0.1, 0.15) is 33.0 Å². The van der Waals surface area contributed by atoms with Crippen molar-refractivity contribution in [2.45, 2.75) is 18.3 Å². The highest BCUT2D eigenvalue weighted by Crippen LogP contribution is 2.41. The van der Waals surface area contributed by atoms with Crippen molar-refractivity contribution in [3.63, 3.8) is 0 Å². The van der Waals surface area contributed by atoms with Crippen molar-refractivity contribution in [3.8, 4) is 0 Å². The van der Waals surface area contributed by atoms with Crippen molar-refractivity contribution in [3.05, 3.63) is 73.7 Å². The van der Waals surface area contributed by atoms with E-state index in [-0.39, 0.29) is 39.3 Å². The lowest BCUT2D eigenvalue weighted by molar-refractivity contribution is -0.139. The van der Waals surface area contributed by atoms with E-state index in [0.717, 1.165) is 30.3 Å². The van der Waals surface area contributed by atoms with E-state index in [1.54, 1.807) is 0 Å². The first kappa shape index (κ1) is 28.6. The third kappa shape index (κ3) is 7.94. The van der Waals surface area contributed by atoms with Crippen LogP contribution < -0.4 is 11.1 Å². The quantitative estimate of drug-likeness (QED) is 0.220. The first-order valence-electron chi connectivity index (χ1n) is 9.42. The van der Waals surface area contributed by atoms with Gasteiger partial charge in [0.1, 0.15) is 6.61 Å². The molecule has 5 nitrogen and oxygen atoms in total. The lowest BCUT2D eigenvalue weighted by atomic mass is 9.96. The highest BCUT2D eigenvalue weighted by Gasteiger charge is 2.40. The number of nitrogens with two attached hydrogens (primary N) is 1. The molecule has 14 heteroatoms. The van der Waals surface area contributed by atoms with Gasteiger partial charge in [-0.2, -0.15) is 26.3 Å². The molecule has 0 saturated carbocycles. The normalized spacial score (nSPS) is 13.1. The third-order valence-electron chi connectivity index (χ3n) is 4.42. The number of allylic oxidation sites excluding steroid dienone is 1. The number of amides is 2. The Morgan fingerprint density at radius 1 is 1.03 bits per heavy atom. The van der Waals surface area contributed by atoms with Crippen LogP contribution in [-0.4, -0.2) is 31.3 Å². The van der Waals surface area contributed by atoms with Gasteiger partial charge in [0.05, 0.1) is 38.7 Å². The van der Waals surface area contributed by atoms with Crippen LogP contribution in [0, 0.1) is 0 Å². The van der Waals surface area contributed by atoms with E-state index in [1.807, 2.05) is 0 Å². The molecule has 0 radical (unpaired) electrons. The van der Waals surface area contributed by atoms with Gasteiger partial charge in [0.15, 0.2) is 0 Å². The van der Waals surface area contributed by atoms with Crippen LogP contribution in [0.4, 0.5) is 31.1 Å². The second-order valence-electron chi connectivity index (χ2n) is 6.90. The van der Waals surface area contributed by atoms with Crippen LogP contribution in [0.2, 0.25) is 15.1 Å². The Bertz CT molecular complexity index is 1110. The number of alkyl halides is 6. The zero-order chi connectivity index (χ0) is 26.6. The fourth-order valence-electron chi connectivity index (χ4n) is 2.88. The van der Waals surface area contributed by atoms with Crippen molar-refractivity contribution in [1.82, 2.24) is 5.32 Å². The number of benzene rings is 2. The van der Waals surface area contributed by atoms with Crippen LogP contribution >= 0.6 is 34.8 Å². The van der Waals surface area contributed by atoms with Gasteiger partial charge >= 0.3 is 18.4 Å². The maximum atomic E-state index is 13.7. The predicted octanol–water partition coefficient (Wildman–Crippen LogP) is 6.85. The average Bonchev–Trinajstić information content (AvgIpc) is 2.73. The van der Waals surface area contributed by atoms with E-state index in [1.165, 1.54) is 0 Å². The van der Waals surface area contributed by atoms with E-state index < -0.39 is 41.4 Å². The number of hydrogen-bond donors (Lipinski definition) is 2. The van der Waals surface area contributed by atoms with Crippen molar-refractivity contribution in [2.24, 2.45) is 5.73 Å². The molecule has 0 bridgehead atoms. The molecule has 35 heavy (non-hydrogen) atoms. The molecule has 2 aromatic rings. The van der Waals surface area contributed by atoms with Crippen molar-refractivity contribution in [1.29, 1.82) is 0 Å². The summed E-state index contributed by atoms with van der Waals surface area (Å²) in [6, 6.07) is 4.28. The summed E-state index contributed by atoms with van der Waals surface area (Å²) >= 11 is 17.4. The number of carbonyl (C=O) groups is 2. The minimum absolute atomic E-state index is 0.146. The van der Waals surface area contributed by atoms with Crippen LogP contribution in [0.15, 0.2) is 36.4 Å². The van der Waals surface area contributed by atoms with Crippen molar-refractivity contribution < 1.29 is 40.7 Å². The Morgan fingerprint density at radius 2 is 1.63 bits per heavy atom. The van der Waals surface area contributed by atoms with Crippen molar-refractivity contribution >= 4 is 52.9 Å². The van der Waals surface area contributed by atoms with E-state index in [2.05, 4.69) is 10.1 Å². The summed E-state index contributed by atoms with van der Waals surface area (Å²) in [5.74, 6) is -3.41. The zero-order valence-electron chi connectivity index (χ0n) is 17.2. The number of nitrogens with one attached hydrogen (secondary N) is 1. The van der Waals surface area contributed by atoms with Crippen LogP contribution in [0.5, 0.6) is 0 Å². The van der Waals surface area contributed by atoms with Crippen molar-refractivity contribution in [2.75, 3.05) is 13.2 Å². The Hall–Kier alpha value is -2.63. The second kappa shape index (κ2) is 11.4. The summed E-state index contributed by atoms with van der Waals surface area (Å²) in [5.41, 5.74) is 1.94. The van der Waals surface area contributed by atoms with Gasteiger partial charge in [-0.05, 0) is 35.4 Å². The van der Waals surface area contributed by atoms with Gasteiger partial charge in [0.2, 0.25) is 0 Å². The number of primary amides is 1. The number of halogens is 9. The Labute approximate surface area is 209 Å². The molecule has 0 aromatic heterocycles. The molecule has 1 unspecified atom stereocenters. The molecular formula is C21H15Cl3F6N2O3. The molecule has 2 aromatic carbocycles. The topological polar surface area (TPSA) is 81.4 Å². The Morgan fingerprint density at radius 3 is 2.14 bits per heavy atom. The van der Waals surface area contributed by atoms with Gasteiger partial charge in [0.25, 0.3) is 5.91 Å². The summed E-state index contributed by atoms with van der Waals surface area (Å²) in [7, 11) is 0. The summed E-state index contributed by atoms with van der Waals surface area (Å²) in [5, 5.41) is 1.51. The van der Waals surface area contributed by atoms with Gasteiger partial charge in [-0.25, -0.2) is 4.79 Å². The summed E-state index contributed by atoms with van der Waals surface area (Å²) in [6.45, 7) is -0.693. The molecule has 190 valence electrons.